The largest absolute Gasteiger partial charge is 0.378 e. The predicted octanol–water partition coefficient (Wildman–Crippen LogP) is 1.74. The molecule has 3 aliphatic rings. The van der Waals surface area contributed by atoms with Crippen LogP contribution in [0.15, 0.2) is 0 Å². The molecule has 0 amide bonds. The van der Waals surface area contributed by atoms with Crippen molar-refractivity contribution < 1.29 is 4.74 Å². The normalized spacial score (nSPS) is 59.2. The van der Waals surface area contributed by atoms with E-state index in [-0.39, 0.29) is 0 Å². The van der Waals surface area contributed by atoms with Gasteiger partial charge in [0.15, 0.2) is 0 Å². The molecule has 3 fully saturated rings. The second kappa shape index (κ2) is 1.24. The van der Waals surface area contributed by atoms with Gasteiger partial charge in [-0.15, -0.1) is 0 Å². The third-order valence-corrected chi connectivity index (χ3v) is 3.49. The van der Waals surface area contributed by atoms with Crippen LogP contribution in [0.1, 0.15) is 19.3 Å². The van der Waals surface area contributed by atoms with Gasteiger partial charge in [-0.1, -0.05) is 22.6 Å². The quantitative estimate of drug-likeness (QED) is 0.487. The van der Waals surface area contributed by atoms with Crippen molar-refractivity contribution in [2.75, 3.05) is 7.11 Å². The zero-order valence-electron chi connectivity index (χ0n) is 4.91. The van der Waals surface area contributed by atoms with E-state index in [0.29, 0.717) is 9.02 Å². The van der Waals surface area contributed by atoms with Gasteiger partial charge in [0.2, 0.25) is 0 Å². The Kier molecular flexibility index (Phi) is 0.845. The van der Waals surface area contributed by atoms with Crippen LogP contribution < -0.4 is 0 Å². The zero-order chi connectivity index (χ0) is 5.83. The molecule has 1 nitrogen and oxygen atoms in total. The lowest BCUT2D eigenvalue weighted by Gasteiger charge is -2.66. The summed E-state index contributed by atoms with van der Waals surface area (Å²) in [7, 11) is 1.83. The van der Waals surface area contributed by atoms with E-state index in [0.717, 1.165) is 0 Å². The molecule has 2 heteroatoms. The van der Waals surface area contributed by atoms with E-state index in [2.05, 4.69) is 22.6 Å². The fourth-order valence-corrected chi connectivity index (χ4v) is 3.88. The third-order valence-electron chi connectivity index (χ3n) is 2.35. The third kappa shape index (κ3) is 0.460. The minimum absolute atomic E-state index is 0.362. The van der Waals surface area contributed by atoms with Gasteiger partial charge in [-0.3, -0.25) is 0 Å². The number of hydrogen-bond donors (Lipinski definition) is 0. The topological polar surface area (TPSA) is 9.23 Å². The molecule has 0 heterocycles. The first kappa shape index (κ1) is 5.47. The summed E-state index contributed by atoms with van der Waals surface area (Å²) in [5.74, 6) is 0. The fourth-order valence-electron chi connectivity index (χ4n) is 1.79. The molecule has 0 radical (unpaired) electrons. The van der Waals surface area contributed by atoms with Gasteiger partial charge < -0.3 is 4.74 Å². The van der Waals surface area contributed by atoms with Crippen LogP contribution in [-0.4, -0.2) is 16.1 Å². The highest BCUT2D eigenvalue weighted by Gasteiger charge is 2.67. The number of halogens is 1. The molecule has 2 bridgehead atoms. The second-order valence-corrected chi connectivity index (χ2v) is 5.36. The van der Waals surface area contributed by atoms with Gasteiger partial charge in [-0.25, -0.2) is 0 Å². The molecule has 3 aliphatic carbocycles. The second-order valence-electron chi connectivity index (χ2n) is 3.07. The van der Waals surface area contributed by atoms with Gasteiger partial charge in [0.1, 0.15) is 0 Å². The summed E-state index contributed by atoms with van der Waals surface area (Å²) in [6.45, 7) is 0. The Morgan fingerprint density at radius 1 is 1.38 bits per heavy atom. The highest BCUT2D eigenvalue weighted by molar-refractivity contribution is 14.1. The van der Waals surface area contributed by atoms with Crippen LogP contribution in [0.25, 0.3) is 0 Å². The molecule has 0 aromatic carbocycles. The molecule has 46 valence electrons. The monoisotopic (exact) mass is 224 g/mol. The molecule has 0 spiro atoms. The van der Waals surface area contributed by atoms with Crippen molar-refractivity contribution in [3.05, 3.63) is 0 Å². The van der Waals surface area contributed by atoms with Gasteiger partial charge in [0, 0.05) is 10.5 Å². The predicted molar refractivity (Wildman–Crippen MR) is 40.3 cm³/mol. The van der Waals surface area contributed by atoms with E-state index in [1.54, 1.807) is 0 Å². The van der Waals surface area contributed by atoms with E-state index in [4.69, 9.17) is 4.74 Å². The molecule has 3 rings (SSSR count). The summed E-state index contributed by atoms with van der Waals surface area (Å²) in [6.07, 6.45) is 3.91. The maximum absolute atomic E-state index is 5.30. The van der Waals surface area contributed by atoms with Gasteiger partial charge in [0.25, 0.3) is 0 Å². The molecule has 8 heavy (non-hydrogen) atoms. The van der Waals surface area contributed by atoms with Crippen LogP contribution in [0.2, 0.25) is 0 Å². The van der Waals surface area contributed by atoms with Crippen molar-refractivity contribution in [3.8, 4) is 0 Å². The Labute approximate surface area is 62.9 Å². The van der Waals surface area contributed by atoms with Crippen LogP contribution in [0.5, 0.6) is 0 Å². The van der Waals surface area contributed by atoms with Crippen molar-refractivity contribution in [1.29, 1.82) is 0 Å². The average molecular weight is 224 g/mol. The molecule has 0 saturated heterocycles. The SMILES string of the molecule is COC12CC(I)(C1)C2. The lowest BCUT2D eigenvalue weighted by molar-refractivity contribution is -0.182. The Bertz CT molecular complexity index is 113. The van der Waals surface area contributed by atoms with Crippen LogP contribution in [0, 0.1) is 0 Å². The van der Waals surface area contributed by atoms with E-state index in [1.165, 1.54) is 19.3 Å². The fraction of sp³-hybridized carbons (Fsp3) is 1.00. The summed E-state index contributed by atoms with van der Waals surface area (Å²) < 4.78 is 5.97. The van der Waals surface area contributed by atoms with Crippen LogP contribution in [0.4, 0.5) is 0 Å². The minimum Gasteiger partial charge on any atom is -0.378 e. The number of ether oxygens (including phenoxy) is 1. The average Bonchev–Trinajstić information content (AvgIpc) is 1.55. The smallest absolute Gasteiger partial charge is 0.0716 e. The van der Waals surface area contributed by atoms with Crippen molar-refractivity contribution in [1.82, 2.24) is 0 Å². The van der Waals surface area contributed by atoms with Crippen LogP contribution >= 0.6 is 22.6 Å². The summed E-state index contributed by atoms with van der Waals surface area (Å²) in [5.41, 5.74) is 0.362. The molecule has 0 unspecified atom stereocenters. The van der Waals surface area contributed by atoms with E-state index in [1.807, 2.05) is 7.11 Å². The van der Waals surface area contributed by atoms with E-state index in [9.17, 15) is 0 Å². The first-order valence-corrected chi connectivity index (χ1v) is 4.00. The number of hydrogen-bond acceptors (Lipinski definition) is 1. The van der Waals surface area contributed by atoms with Crippen LogP contribution in [0.3, 0.4) is 0 Å². The molecule has 0 aromatic heterocycles. The molecular weight excluding hydrogens is 215 g/mol. The van der Waals surface area contributed by atoms with Crippen molar-refractivity contribution in [3.63, 3.8) is 0 Å². The van der Waals surface area contributed by atoms with Gasteiger partial charge in [-0.2, -0.15) is 0 Å². The summed E-state index contributed by atoms with van der Waals surface area (Å²) in [5, 5.41) is 0. The van der Waals surface area contributed by atoms with Gasteiger partial charge in [0.05, 0.1) is 5.60 Å². The maximum Gasteiger partial charge on any atom is 0.0716 e. The maximum atomic E-state index is 5.30. The number of methoxy groups -OCH3 is 1. The Morgan fingerprint density at radius 3 is 2.00 bits per heavy atom. The first-order chi connectivity index (χ1) is 3.68. The molecule has 0 atom stereocenters. The highest BCUT2D eigenvalue weighted by atomic mass is 127. The van der Waals surface area contributed by atoms with Crippen molar-refractivity contribution in [2.24, 2.45) is 0 Å². The van der Waals surface area contributed by atoms with Gasteiger partial charge >= 0.3 is 0 Å². The van der Waals surface area contributed by atoms with Gasteiger partial charge in [-0.05, 0) is 19.3 Å². The molecule has 0 aromatic rings. The number of rotatable bonds is 1. The molecule has 0 aliphatic heterocycles. The lowest BCUT2D eigenvalue weighted by Crippen LogP contribution is -2.69. The number of alkyl halides is 1. The Morgan fingerprint density at radius 2 is 1.88 bits per heavy atom. The van der Waals surface area contributed by atoms with E-state index < -0.39 is 0 Å². The molecular formula is C6H9IO. The zero-order valence-corrected chi connectivity index (χ0v) is 7.07. The van der Waals surface area contributed by atoms with E-state index >= 15 is 0 Å². The summed E-state index contributed by atoms with van der Waals surface area (Å²) >= 11 is 2.55. The minimum atomic E-state index is 0.362. The molecule has 0 N–H and O–H groups in total. The highest BCUT2D eigenvalue weighted by Crippen LogP contribution is 2.67. The molecule has 3 saturated carbocycles. The van der Waals surface area contributed by atoms with Crippen LogP contribution in [-0.2, 0) is 4.74 Å². The first-order valence-electron chi connectivity index (χ1n) is 2.92. The standard InChI is InChI=1S/C6H9IO/c1-8-6-2-5(7,3-6)4-6/h2-4H2,1H3. The van der Waals surface area contributed by atoms with Crippen molar-refractivity contribution >= 4 is 22.6 Å². The lowest BCUT2D eigenvalue weighted by atomic mass is 9.52. The summed E-state index contributed by atoms with van der Waals surface area (Å²) in [6, 6.07) is 0. The van der Waals surface area contributed by atoms with Crippen molar-refractivity contribution in [2.45, 2.75) is 28.3 Å². The summed E-state index contributed by atoms with van der Waals surface area (Å²) in [4.78, 5) is 0. The Hall–Kier alpha value is 0.690. The Balaban J connectivity index is 2.04.